The van der Waals surface area contributed by atoms with Gasteiger partial charge in [-0.25, -0.2) is 9.59 Å². The number of likely N-dealkylation sites (N-methyl/N-ethyl adjacent to an activating group) is 1. The second kappa shape index (κ2) is 32.3. The first-order valence-electron chi connectivity index (χ1n) is 30.6. The molecule has 0 radical (unpaired) electrons. The van der Waals surface area contributed by atoms with Crippen LogP contribution in [0.25, 0.3) is 0 Å². The average molecular weight is 1330 g/mol. The molecular formula is C65H88ClF3N6O16S. The topological polar surface area (TPSA) is 300 Å². The van der Waals surface area contributed by atoms with E-state index in [0.717, 1.165) is 29.7 Å². The van der Waals surface area contributed by atoms with Crippen molar-refractivity contribution in [2.24, 2.45) is 29.4 Å². The number of epoxide rings is 1. The first-order valence-corrected chi connectivity index (χ1v) is 31.0. The van der Waals surface area contributed by atoms with Crippen LogP contribution in [0.5, 0.6) is 5.75 Å². The Hall–Kier alpha value is -6.87. The molecule has 4 bridgehead atoms. The second-order valence-corrected chi connectivity index (χ2v) is 25.4. The number of carbonyl (C=O) groups excluding carboxylic acids is 10. The normalized spacial score (nSPS) is 25.4. The molecule has 0 aliphatic carbocycles. The van der Waals surface area contributed by atoms with E-state index in [1.165, 1.54) is 38.0 Å². The Morgan fingerprint density at radius 1 is 0.978 bits per heavy atom. The third kappa shape index (κ3) is 18.9. The molecule has 508 valence electrons. The number of hydrogen-bond acceptors (Lipinski definition) is 16. The van der Waals surface area contributed by atoms with Crippen molar-refractivity contribution in [3.63, 3.8) is 0 Å². The van der Waals surface area contributed by atoms with E-state index < -0.39 is 143 Å². The van der Waals surface area contributed by atoms with Crippen LogP contribution in [-0.4, -0.2) is 163 Å². The number of nitrogens with two attached hydrogens (primary N) is 1. The summed E-state index contributed by atoms with van der Waals surface area (Å²) in [6, 6.07) is 2.23. The third-order valence-electron chi connectivity index (χ3n) is 17.8. The summed E-state index contributed by atoms with van der Waals surface area (Å²) in [7, 11) is 5.35. The van der Waals surface area contributed by atoms with E-state index >= 15 is 13.2 Å². The number of amides is 7. The number of rotatable bonds is 24. The lowest BCUT2D eigenvalue weighted by Crippen LogP contribution is -2.53. The molecule has 0 saturated carbocycles. The van der Waals surface area contributed by atoms with Gasteiger partial charge in [0.2, 0.25) is 23.6 Å². The first-order chi connectivity index (χ1) is 42.6. The number of Topliss-reactive ketones (excluding diaryl/α,β-unsaturated/α-hetero) is 2. The van der Waals surface area contributed by atoms with Crippen LogP contribution in [0.2, 0.25) is 5.02 Å². The van der Waals surface area contributed by atoms with Crippen molar-refractivity contribution in [3.8, 4) is 5.75 Å². The summed E-state index contributed by atoms with van der Waals surface area (Å²) in [5.74, 6) is -7.99. The number of methoxy groups -OCH3 is 2. The number of anilines is 1. The molecule has 22 nitrogen and oxygen atoms in total. The minimum Gasteiger partial charge on any atom is -0.495 e. The zero-order valence-electron chi connectivity index (χ0n) is 54.0. The van der Waals surface area contributed by atoms with Crippen molar-refractivity contribution < 1.29 is 89.9 Å². The molecule has 4 aliphatic heterocycles. The third-order valence-corrected chi connectivity index (χ3v) is 18.2. The molecular weight excluding hydrogens is 1250 g/mol. The molecule has 11 atom stereocenters. The number of fused-ring (bicyclic) bond motifs is 5. The highest BCUT2D eigenvalue weighted by Gasteiger charge is 2.64. The number of halogens is 4. The molecule has 3 saturated heterocycles. The maximum Gasteiger partial charge on any atom is 0.417 e. The van der Waals surface area contributed by atoms with Gasteiger partial charge in [-0.15, -0.1) is 0 Å². The Kier molecular flexibility index (Phi) is 26.6. The van der Waals surface area contributed by atoms with Gasteiger partial charge in [0.05, 0.1) is 48.9 Å². The number of primary amides is 1. The molecule has 3 fully saturated rings. The number of imide groups is 1. The first kappa shape index (κ1) is 75.8. The van der Waals surface area contributed by atoms with Crippen molar-refractivity contribution in [2.45, 2.75) is 186 Å². The Morgan fingerprint density at radius 3 is 2.29 bits per heavy atom. The van der Waals surface area contributed by atoms with E-state index in [-0.39, 0.29) is 111 Å². The van der Waals surface area contributed by atoms with E-state index in [1.54, 1.807) is 58.9 Å². The minimum atomic E-state index is -5.20. The highest BCUT2D eigenvalue weighted by molar-refractivity contribution is 7.59. The number of allylic oxidation sites excluding steroid dienone is 3. The fraction of sp³-hybridized carbons (Fsp3) is 0.600. The van der Waals surface area contributed by atoms with Crippen molar-refractivity contribution in [1.29, 1.82) is 0 Å². The monoisotopic (exact) mass is 1330 g/mol. The van der Waals surface area contributed by atoms with E-state index in [9.17, 15) is 53.1 Å². The number of unbranched alkanes of at least 4 members (excludes halogenated alkanes) is 2. The highest BCUT2D eigenvalue weighted by Crippen LogP contribution is 2.50. The van der Waals surface area contributed by atoms with Crippen molar-refractivity contribution >= 4 is 89.9 Å². The van der Waals surface area contributed by atoms with Crippen molar-refractivity contribution in [2.75, 3.05) is 46.3 Å². The summed E-state index contributed by atoms with van der Waals surface area (Å²) in [4.78, 5) is 137. The largest absolute Gasteiger partial charge is 0.495 e. The standard InChI is InChI=1S/C65H86ClF3N6O16.H2S/c1-35(2)44(31-42(76)18-13-12-14-24-75-54(79)26-37(4)59(75)82)58(81)72-46(19-16-23-71-62(70)85)48(77)29-40-21-22-43(45(27-40)65(67,68)69)60(83)73(8)39(6)61(84)90-52-32-53(78)74(9)47-28-41(30-49(87-10)56(47)66)25-36(3)17-15-20-51(88-11)64(86)33-50(89-55(80)34-64)38(5)57-63(52,7)91-57;/h15,17,20-22,27-28,30,35,37-39,44,46,50-52,57,86H,12-14,16,18-19,23-26,29,31-34H2,1-11H3,(H,72,81)(H3,70,71,85);1H2/b20-15+,36-17+;/t37?,38-,39+,44+,46+,50+,51-,52+,57+,63+,64-;/m1./s1. The maximum atomic E-state index is 15.2. The molecule has 2 aromatic carbocycles. The average Bonchev–Trinajstić information content (AvgIpc) is 1.56. The number of nitrogens with one attached hydrogen (secondary N) is 2. The van der Waals surface area contributed by atoms with Gasteiger partial charge in [-0.2, -0.15) is 26.7 Å². The molecule has 2 aromatic rings. The van der Waals surface area contributed by atoms with E-state index in [4.69, 9.17) is 41.0 Å². The van der Waals surface area contributed by atoms with Gasteiger partial charge < -0.3 is 55.0 Å². The predicted octanol–water partition coefficient (Wildman–Crippen LogP) is 7.44. The van der Waals surface area contributed by atoms with Crippen LogP contribution in [0, 0.1) is 23.7 Å². The van der Waals surface area contributed by atoms with Crippen molar-refractivity contribution in [1.82, 2.24) is 20.4 Å². The number of likely N-dealkylation sites (tertiary alicyclic amines) is 1. The molecule has 5 N–H and O–H groups in total. The highest BCUT2D eigenvalue weighted by atomic mass is 35.5. The Morgan fingerprint density at radius 2 is 1.67 bits per heavy atom. The number of esters is 2. The fourth-order valence-corrected chi connectivity index (χ4v) is 12.3. The Labute approximate surface area is 546 Å². The van der Waals surface area contributed by atoms with Gasteiger partial charge in [-0.3, -0.25) is 43.3 Å². The summed E-state index contributed by atoms with van der Waals surface area (Å²) in [5, 5.41) is 17.2. The Bertz CT molecular complexity index is 3160. The lowest BCUT2D eigenvalue weighted by atomic mass is 9.78. The van der Waals surface area contributed by atoms with Gasteiger partial charge >= 0.3 is 24.1 Å². The molecule has 7 amide bonds. The molecule has 1 unspecified atom stereocenters. The molecule has 4 aliphatic rings. The molecule has 0 spiro atoms. The van der Waals surface area contributed by atoms with Crippen LogP contribution in [0.1, 0.15) is 146 Å². The van der Waals surface area contributed by atoms with Crippen molar-refractivity contribution in [3.05, 3.63) is 81.4 Å². The number of carbonyl (C=O) groups is 10. The van der Waals surface area contributed by atoms with Crippen LogP contribution >= 0.6 is 25.1 Å². The summed E-state index contributed by atoms with van der Waals surface area (Å²) in [6.07, 6.45) is -4.17. The maximum absolute atomic E-state index is 15.2. The molecule has 92 heavy (non-hydrogen) atoms. The van der Waals surface area contributed by atoms with Crippen LogP contribution in [0.4, 0.5) is 23.7 Å². The fourth-order valence-electron chi connectivity index (χ4n) is 12.0. The van der Waals surface area contributed by atoms with Crippen LogP contribution in [-0.2, 0) is 76.3 Å². The zero-order valence-corrected chi connectivity index (χ0v) is 55.8. The minimum absolute atomic E-state index is 0. The second-order valence-electron chi connectivity index (χ2n) is 25.0. The predicted molar refractivity (Wildman–Crippen MR) is 338 cm³/mol. The van der Waals surface area contributed by atoms with Gasteiger partial charge in [0, 0.05) is 84.2 Å². The van der Waals surface area contributed by atoms with E-state index in [0.29, 0.717) is 37.3 Å². The molecule has 27 heteroatoms. The number of ketones is 2. The quantitative estimate of drug-likeness (QED) is 0.0343. The van der Waals surface area contributed by atoms with Crippen LogP contribution in [0.15, 0.2) is 54.1 Å². The Balaban J connectivity index is 0.0000154. The summed E-state index contributed by atoms with van der Waals surface area (Å²) < 4.78 is 75.0. The van der Waals surface area contributed by atoms with Gasteiger partial charge in [0.15, 0.2) is 5.78 Å². The van der Waals surface area contributed by atoms with Crippen LogP contribution in [0.3, 0.4) is 0 Å². The zero-order chi connectivity index (χ0) is 67.6. The lowest BCUT2D eigenvalue weighted by molar-refractivity contribution is -0.187. The summed E-state index contributed by atoms with van der Waals surface area (Å²) >= 11 is 6.83. The van der Waals surface area contributed by atoms with Crippen LogP contribution < -0.4 is 26.0 Å². The van der Waals surface area contributed by atoms with E-state index in [1.807, 2.05) is 13.0 Å². The van der Waals surface area contributed by atoms with Gasteiger partial charge in [-0.05, 0) is 94.2 Å². The van der Waals surface area contributed by atoms with E-state index in [2.05, 4.69) is 10.6 Å². The number of benzene rings is 2. The summed E-state index contributed by atoms with van der Waals surface area (Å²) in [5.41, 5.74) is 1.22. The smallest absolute Gasteiger partial charge is 0.417 e. The number of urea groups is 1. The molecule has 6 rings (SSSR count). The lowest BCUT2D eigenvalue weighted by Gasteiger charge is -2.41. The van der Waals surface area contributed by atoms with Gasteiger partial charge in [-0.1, -0.05) is 75.6 Å². The number of nitrogens with zero attached hydrogens (tertiary/aromatic N) is 3. The number of aliphatic hydroxyl groups is 1. The van der Waals surface area contributed by atoms with Gasteiger partial charge in [0.25, 0.3) is 5.91 Å². The summed E-state index contributed by atoms with van der Waals surface area (Å²) in [6.45, 7) is 11.7. The van der Waals surface area contributed by atoms with Gasteiger partial charge in [0.1, 0.15) is 52.1 Å². The number of alkyl halides is 3. The SMILES string of the molecule is COc1cc2cc(c1Cl)N(C)C(=O)C[C@H](OC(=O)[C@H](C)N(C)C(=O)c1ccc(CC(=O)[C@H](CCCNC(N)=O)NC(=O)[C@@H](CC(=O)CCCCCN3C(=O)CC(C)C3=O)C(C)C)cc1C(F)(F)F)[C@]1(C)O[C@H]1[C@H](C)[C@@H]1C[C@@](O)(CC(=O)O1)[C@H](OC)/C=C/C=C(\C)C2.S. The number of ether oxygens (including phenoxy) is 5. The molecule has 0 aromatic heterocycles. The molecule has 4 heterocycles. The number of hydrogen-bond donors (Lipinski definition) is 4.